The Labute approximate surface area is 121 Å². The highest BCUT2D eigenvalue weighted by atomic mass is 19.4. The molecule has 1 aromatic rings. The van der Waals surface area contributed by atoms with Crippen LogP contribution in [0.15, 0.2) is 29.4 Å². The Hall–Kier alpha value is -1.72. The maximum absolute atomic E-state index is 12.0. The average molecular weight is 300 g/mol. The number of hydrogen-bond acceptors (Lipinski definition) is 3. The van der Waals surface area contributed by atoms with Gasteiger partial charge in [0, 0.05) is 5.92 Å². The van der Waals surface area contributed by atoms with Gasteiger partial charge >= 0.3 is 6.36 Å². The third-order valence-corrected chi connectivity index (χ3v) is 3.29. The summed E-state index contributed by atoms with van der Waals surface area (Å²) in [5.74, 6) is 0.116. The highest BCUT2D eigenvalue weighted by Crippen LogP contribution is 2.23. The molecule has 1 aliphatic carbocycles. The Morgan fingerprint density at radius 1 is 1.10 bits per heavy atom. The molecule has 0 N–H and O–H groups in total. The molecule has 3 nitrogen and oxygen atoms in total. The zero-order valence-corrected chi connectivity index (χ0v) is 11.5. The lowest BCUT2D eigenvalue weighted by molar-refractivity contribution is -0.274. The summed E-state index contributed by atoms with van der Waals surface area (Å²) in [6.45, 7) is 0.200. The number of alkyl halides is 3. The lowest BCUT2D eigenvalue weighted by Crippen LogP contribution is -2.17. The molecule has 0 spiro atoms. The quantitative estimate of drug-likeness (QED) is 0.590. The number of ether oxygens (including phenoxy) is 1. The van der Waals surface area contributed by atoms with E-state index in [1.54, 1.807) is 0 Å². The molecule has 0 unspecified atom stereocenters. The smallest absolute Gasteiger partial charge is 0.406 e. The molecular weight excluding hydrogens is 283 g/mol. The predicted molar refractivity (Wildman–Crippen MR) is 71.9 cm³/mol. The normalized spacial score (nSPS) is 17.1. The van der Waals surface area contributed by atoms with E-state index >= 15 is 0 Å². The second-order valence-corrected chi connectivity index (χ2v) is 5.02. The number of benzene rings is 1. The van der Waals surface area contributed by atoms with Crippen molar-refractivity contribution in [2.75, 3.05) is 0 Å². The lowest BCUT2D eigenvalue weighted by atomic mass is 9.90. The lowest BCUT2D eigenvalue weighted by Gasteiger charge is -2.15. The molecule has 2 rings (SSSR count). The molecule has 0 saturated heterocycles. The van der Waals surface area contributed by atoms with Crippen LogP contribution in [0.3, 0.4) is 0 Å². The zero-order valence-electron chi connectivity index (χ0n) is 11.5. The Kier molecular flexibility index (Phi) is 5.47. The molecule has 1 radical (unpaired) electrons. The number of nitrogens with zero attached hydrogens (tertiary/aromatic N) is 1. The second-order valence-electron chi connectivity index (χ2n) is 5.02. The van der Waals surface area contributed by atoms with Crippen molar-refractivity contribution < 1.29 is 22.7 Å². The van der Waals surface area contributed by atoms with Gasteiger partial charge in [0.25, 0.3) is 0 Å². The first kappa shape index (κ1) is 15.7. The predicted octanol–water partition coefficient (Wildman–Crippen LogP) is 4.54. The Morgan fingerprint density at radius 3 is 2.38 bits per heavy atom. The van der Waals surface area contributed by atoms with Crippen LogP contribution < -0.4 is 4.74 Å². The van der Waals surface area contributed by atoms with Gasteiger partial charge in [0.15, 0.2) is 0 Å². The van der Waals surface area contributed by atoms with Gasteiger partial charge in [0.05, 0.1) is 0 Å². The van der Waals surface area contributed by atoms with Crippen LogP contribution in [0.2, 0.25) is 0 Å². The second kappa shape index (κ2) is 7.33. The fraction of sp³-hybridized carbons (Fsp3) is 0.533. The molecule has 1 aromatic carbocycles. The van der Waals surface area contributed by atoms with Gasteiger partial charge in [-0.05, 0) is 30.5 Å². The first-order valence-corrected chi connectivity index (χ1v) is 6.95. The van der Waals surface area contributed by atoms with Crippen LogP contribution in [0.5, 0.6) is 5.75 Å². The number of halogens is 3. The molecular formula is C15H17F3NO2. The molecule has 1 saturated carbocycles. The summed E-state index contributed by atoms with van der Waals surface area (Å²) in [6.07, 6.45) is 4.16. The summed E-state index contributed by atoms with van der Waals surface area (Å²) in [5.41, 5.74) is 0.721. The van der Waals surface area contributed by atoms with Gasteiger partial charge in [-0.2, -0.15) is 0 Å². The van der Waals surface area contributed by atoms with Crippen LogP contribution in [-0.4, -0.2) is 12.6 Å². The van der Waals surface area contributed by atoms with Gasteiger partial charge < -0.3 is 9.57 Å². The molecule has 115 valence electrons. The zero-order chi connectivity index (χ0) is 15.1. The largest absolute Gasteiger partial charge is 0.573 e. The summed E-state index contributed by atoms with van der Waals surface area (Å²) >= 11 is 0. The topological polar surface area (TPSA) is 30.8 Å². The van der Waals surface area contributed by atoms with E-state index in [2.05, 4.69) is 16.1 Å². The van der Waals surface area contributed by atoms with Crippen molar-refractivity contribution in [2.45, 2.75) is 45.1 Å². The van der Waals surface area contributed by atoms with E-state index in [0.29, 0.717) is 5.92 Å². The Bertz CT molecular complexity index is 451. The summed E-state index contributed by atoms with van der Waals surface area (Å²) < 4.78 is 39.8. The molecule has 0 aromatic heterocycles. The van der Waals surface area contributed by atoms with E-state index in [0.717, 1.165) is 18.4 Å². The van der Waals surface area contributed by atoms with Crippen LogP contribution in [-0.2, 0) is 11.4 Å². The van der Waals surface area contributed by atoms with Crippen LogP contribution >= 0.6 is 0 Å². The molecule has 21 heavy (non-hydrogen) atoms. The van der Waals surface area contributed by atoms with E-state index in [1.807, 2.05) is 0 Å². The minimum Gasteiger partial charge on any atom is -0.406 e. The molecule has 0 atom stereocenters. The summed E-state index contributed by atoms with van der Waals surface area (Å²) in [7, 11) is 0. The van der Waals surface area contributed by atoms with Crippen molar-refractivity contribution in [3.05, 3.63) is 29.8 Å². The molecule has 0 bridgehead atoms. The SMILES string of the molecule is FC(F)(F)Oc1ccc(CO/N=[C]\C2CCCCC2)cc1. The van der Waals surface area contributed by atoms with Crippen molar-refractivity contribution in [3.63, 3.8) is 0 Å². The monoisotopic (exact) mass is 300 g/mol. The average Bonchev–Trinajstić information content (AvgIpc) is 2.45. The van der Waals surface area contributed by atoms with Crippen LogP contribution in [0.1, 0.15) is 37.7 Å². The summed E-state index contributed by atoms with van der Waals surface area (Å²) in [6, 6.07) is 5.52. The fourth-order valence-corrected chi connectivity index (χ4v) is 2.24. The van der Waals surface area contributed by atoms with Gasteiger partial charge in [-0.25, -0.2) is 0 Å². The fourth-order valence-electron chi connectivity index (χ4n) is 2.24. The van der Waals surface area contributed by atoms with Crippen molar-refractivity contribution in [1.29, 1.82) is 0 Å². The molecule has 1 fully saturated rings. The van der Waals surface area contributed by atoms with Crippen LogP contribution in [0.4, 0.5) is 13.2 Å². The molecule has 1 aliphatic rings. The number of hydrogen-bond donors (Lipinski definition) is 0. The molecule has 0 amide bonds. The van der Waals surface area contributed by atoms with Crippen molar-refractivity contribution in [2.24, 2.45) is 11.1 Å². The minimum atomic E-state index is -4.67. The first-order chi connectivity index (χ1) is 10.0. The van der Waals surface area contributed by atoms with Crippen LogP contribution in [0, 0.1) is 5.92 Å². The molecule has 0 heterocycles. The highest BCUT2D eigenvalue weighted by molar-refractivity contribution is 5.59. The van der Waals surface area contributed by atoms with Crippen molar-refractivity contribution >= 4 is 6.21 Å². The van der Waals surface area contributed by atoms with Gasteiger partial charge in [0.1, 0.15) is 18.6 Å². The van der Waals surface area contributed by atoms with E-state index in [4.69, 9.17) is 4.84 Å². The van der Waals surface area contributed by atoms with Gasteiger partial charge in [-0.15, -0.1) is 13.2 Å². The highest BCUT2D eigenvalue weighted by Gasteiger charge is 2.30. The third kappa shape index (κ3) is 6.06. The van der Waals surface area contributed by atoms with Gasteiger partial charge in [-0.3, -0.25) is 0 Å². The summed E-state index contributed by atoms with van der Waals surface area (Å²) in [4.78, 5) is 5.11. The molecule has 0 aliphatic heterocycles. The molecule has 6 heteroatoms. The van der Waals surface area contributed by atoms with Gasteiger partial charge in [0.2, 0.25) is 0 Å². The van der Waals surface area contributed by atoms with Crippen molar-refractivity contribution in [1.82, 2.24) is 0 Å². The minimum absolute atomic E-state index is 0.200. The van der Waals surface area contributed by atoms with Crippen molar-refractivity contribution in [3.8, 4) is 5.75 Å². The van der Waals surface area contributed by atoms with E-state index in [9.17, 15) is 13.2 Å². The Morgan fingerprint density at radius 2 is 1.76 bits per heavy atom. The van der Waals surface area contributed by atoms with E-state index in [1.165, 1.54) is 43.5 Å². The maximum atomic E-state index is 12.0. The standard InChI is InChI=1S/C15H17F3NO2/c16-15(17,18)21-14-8-6-13(7-9-14)11-20-19-10-12-4-2-1-3-5-12/h6-9,12H,1-5,11H2. The van der Waals surface area contributed by atoms with E-state index in [-0.39, 0.29) is 12.4 Å². The number of rotatable bonds is 5. The maximum Gasteiger partial charge on any atom is 0.573 e. The first-order valence-electron chi connectivity index (χ1n) is 6.95. The van der Waals surface area contributed by atoms with Crippen LogP contribution in [0.25, 0.3) is 0 Å². The Balaban J connectivity index is 1.74. The van der Waals surface area contributed by atoms with E-state index < -0.39 is 6.36 Å². The summed E-state index contributed by atoms with van der Waals surface area (Å²) in [5, 5.41) is 3.81. The third-order valence-electron chi connectivity index (χ3n) is 3.29. The van der Waals surface area contributed by atoms with Gasteiger partial charge in [-0.1, -0.05) is 36.6 Å².